The van der Waals surface area contributed by atoms with Crippen molar-refractivity contribution >= 4 is 21.8 Å². The van der Waals surface area contributed by atoms with Gasteiger partial charge < -0.3 is 10.5 Å². The third kappa shape index (κ3) is 3.48. The molecule has 2 aromatic carbocycles. The van der Waals surface area contributed by atoms with Gasteiger partial charge in [0.05, 0.1) is 17.1 Å². The summed E-state index contributed by atoms with van der Waals surface area (Å²) in [6, 6.07) is 9.87. The molecule has 1 atom stereocenters. The molecule has 3 rings (SSSR count). The van der Waals surface area contributed by atoms with Crippen LogP contribution in [0.2, 0.25) is 0 Å². The van der Waals surface area contributed by atoms with Gasteiger partial charge in [0, 0.05) is 12.1 Å². The van der Waals surface area contributed by atoms with Crippen molar-refractivity contribution in [3.8, 4) is 11.1 Å². The molecule has 0 bridgehead atoms. The zero-order valence-corrected chi connectivity index (χ0v) is 13.9. The number of amides is 1. The minimum absolute atomic E-state index is 0.0547. The summed E-state index contributed by atoms with van der Waals surface area (Å²) >= 11 is 0. The molecular weight excluding hydrogens is 349 g/mol. The van der Waals surface area contributed by atoms with Crippen LogP contribution >= 0.6 is 0 Å². The first-order valence-electron chi connectivity index (χ1n) is 7.40. The highest BCUT2D eigenvalue weighted by atomic mass is 32.2. The van der Waals surface area contributed by atoms with Gasteiger partial charge in [-0.2, -0.15) is 0 Å². The minimum atomic E-state index is -3.81. The molecule has 2 aromatic rings. The molecule has 25 heavy (non-hydrogen) atoms. The van der Waals surface area contributed by atoms with Gasteiger partial charge in [0.2, 0.25) is 10.0 Å². The van der Waals surface area contributed by atoms with E-state index in [9.17, 15) is 17.6 Å². The Bertz CT molecular complexity index is 915. The second kappa shape index (κ2) is 6.43. The third-order valence-corrected chi connectivity index (χ3v) is 4.82. The number of hydrogen-bond acceptors (Lipinski definition) is 5. The van der Waals surface area contributed by atoms with Gasteiger partial charge in [0.1, 0.15) is 11.9 Å². The fourth-order valence-electron chi connectivity index (χ4n) is 2.59. The SMILES string of the molecule is NCC1CN(c2ccc(-c3ccc(S(N)(=O)=O)cc3)c(F)c2)C(=O)O1. The van der Waals surface area contributed by atoms with Crippen LogP contribution < -0.4 is 15.8 Å². The van der Waals surface area contributed by atoms with Gasteiger partial charge >= 0.3 is 6.09 Å². The summed E-state index contributed by atoms with van der Waals surface area (Å²) < 4.78 is 42.1. The lowest BCUT2D eigenvalue weighted by atomic mass is 10.0. The number of anilines is 1. The smallest absolute Gasteiger partial charge is 0.414 e. The van der Waals surface area contributed by atoms with Crippen LogP contribution in [-0.2, 0) is 14.8 Å². The summed E-state index contributed by atoms with van der Waals surface area (Å²) in [7, 11) is -3.81. The predicted molar refractivity (Wildman–Crippen MR) is 89.9 cm³/mol. The lowest BCUT2D eigenvalue weighted by Gasteiger charge is -2.14. The number of cyclic esters (lactones) is 1. The fraction of sp³-hybridized carbons (Fsp3) is 0.188. The second-order valence-corrected chi connectivity index (χ2v) is 7.15. The maximum Gasteiger partial charge on any atom is 0.414 e. The van der Waals surface area contributed by atoms with Gasteiger partial charge in [0.15, 0.2) is 0 Å². The molecule has 0 aliphatic carbocycles. The highest BCUT2D eigenvalue weighted by molar-refractivity contribution is 7.89. The Morgan fingerprint density at radius 1 is 1.20 bits per heavy atom. The second-order valence-electron chi connectivity index (χ2n) is 5.59. The molecule has 1 aliphatic rings. The van der Waals surface area contributed by atoms with Gasteiger partial charge in [0.25, 0.3) is 0 Å². The zero-order chi connectivity index (χ0) is 18.2. The molecule has 9 heteroatoms. The van der Waals surface area contributed by atoms with E-state index in [-0.39, 0.29) is 23.5 Å². The van der Waals surface area contributed by atoms with Gasteiger partial charge in [-0.1, -0.05) is 12.1 Å². The van der Waals surface area contributed by atoms with Crippen LogP contribution in [0.4, 0.5) is 14.9 Å². The first-order chi connectivity index (χ1) is 11.8. The van der Waals surface area contributed by atoms with Gasteiger partial charge in [-0.3, -0.25) is 4.90 Å². The molecule has 0 saturated carbocycles. The predicted octanol–water partition coefficient (Wildman–Crippen LogP) is 1.42. The maximum atomic E-state index is 14.5. The molecule has 7 nitrogen and oxygen atoms in total. The number of primary sulfonamides is 1. The van der Waals surface area contributed by atoms with E-state index < -0.39 is 28.0 Å². The fourth-order valence-corrected chi connectivity index (χ4v) is 3.10. The molecule has 0 aromatic heterocycles. The van der Waals surface area contributed by atoms with Crippen molar-refractivity contribution in [1.82, 2.24) is 0 Å². The third-order valence-electron chi connectivity index (χ3n) is 3.90. The van der Waals surface area contributed by atoms with Crippen molar-refractivity contribution in [2.24, 2.45) is 10.9 Å². The lowest BCUT2D eigenvalue weighted by molar-refractivity contribution is 0.145. The number of hydrogen-bond donors (Lipinski definition) is 2. The van der Waals surface area contributed by atoms with Crippen molar-refractivity contribution in [2.75, 3.05) is 18.0 Å². The van der Waals surface area contributed by atoms with E-state index in [1.807, 2.05) is 0 Å². The first-order valence-corrected chi connectivity index (χ1v) is 8.95. The Hall–Kier alpha value is -2.49. The molecule has 4 N–H and O–H groups in total. The topological polar surface area (TPSA) is 116 Å². The highest BCUT2D eigenvalue weighted by Gasteiger charge is 2.31. The van der Waals surface area contributed by atoms with E-state index in [0.717, 1.165) is 0 Å². The van der Waals surface area contributed by atoms with E-state index in [0.29, 0.717) is 11.3 Å². The van der Waals surface area contributed by atoms with Gasteiger partial charge in [-0.05, 0) is 35.9 Å². The van der Waals surface area contributed by atoms with Crippen molar-refractivity contribution in [1.29, 1.82) is 0 Å². The molecular formula is C16H16FN3O4S. The molecule has 1 aliphatic heterocycles. The average Bonchev–Trinajstić information content (AvgIpc) is 2.95. The Morgan fingerprint density at radius 2 is 1.88 bits per heavy atom. The number of nitrogens with two attached hydrogens (primary N) is 2. The summed E-state index contributed by atoms with van der Waals surface area (Å²) in [6.45, 7) is 0.455. The van der Waals surface area contributed by atoms with Crippen molar-refractivity contribution in [3.63, 3.8) is 0 Å². The number of carbonyl (C=O) groups is 1. The van der Waals surface area contributed by atoms with E-state index in [4.69, 9.17) is 15.6 Å². The van der Waals surface area contributed by atoms with E-state index >= 15 is 0 Å². The van der Waals surface area contributed by atoms with Crippen molar-refractivity contribution in [3.05, 3.63) is 48.3 Å². The van der Waals surface area contributed by atoms with Gasteiger partial charge in [-0.25, -0.2) is 22.7 Å². The maximum absolute atomic E-state index is 14.5. The normalized spacial score (nSPS) is 17.6. The summed E-state index contributed by atoms with van der Waals surface area (Å²) in [4.78, 5) is 13.1. The number of rotatable bonds is 4. The van der Waals surface area contributed by atoms with E-state index in [2.05, 4.69) is 0 Å². The standard InChI is InChI=1S/C16H16FN3O4S/c17-15-7-11(20-9-12(8-18)24-16(20)21)3-6-14(15)10-1-4-13(5-2-10)25(19,22)23/h1-7,12H,8-9,18H2,(H2,19,22,23). The Balaban J connectivity index is 1.89. The van der Waals surface area contributed by atoms with Crippen LogP contribution in [-0.4, -0.2) is 33.7 Å². The molecule has 132 valence electrons. The molecule has 1 amide bonds. The number of benzene rings is 2. The molecule has 0 radical (unpaired) electrons. The van der Waals surface area contributed by atoms with E-state index in [1.165, 1.54) is 41.3 Å². The number of ether oxygens (including phenoxy) is 1. The van der Waals surface area contributed by atoms with Crippen molar-refractivity contribution in [2.45, 2.75) is 11.0 Å². The molecule has 1 fully saturated rings. The van der Waals surface area contributed by atoms with E-state index in [1.54, 1.807) is 6.07 Å². The number of nitrogens with zero attached hydrogens (tertiary/aromatic N) is 1. The van der Waals surface area contributed by atoms with Gasteiger partial charge in [-0.15, -0.1) is 0 Å². The number of sulfonamides is 1. The first kappa shape index (κ1) is 17.3. The Morgan fingerprint density at radius 3 is 2.40 bits per heavy atom. The average molecular weight is 365 g/mol. The van der Waals surface area contributed by atoms with Crippen LogP contribution in [0.3, 0.4) is 0 Å². The van der Waals surface area contributed by atoms with Crippen LogP contribution in [0, 0.1) is 5.82 Å². The summed E-state index contributed by atoms with van der Waals surface area (Å²) in [5.41, 5.74) is 6.60. The number of carbonyl (C=O) groups excluding carboxylic acids is 1. The monoisotopic (exact) mass is 365 g/mol. The number of halogens is 1. The molecule has 1 heterocycles. The quantitative estimate of drug-likeness (QED) is 0.850. The van der Waals surface area contributed by atoms with Crippen LogP contribution in [0.5, 0.6) is 0 Å². The zero-order valence-electron chi connectivity index (χ0n) is 13.1. The van der Waals surface area contributed by atoms with Crippen LogP contribution in [0.15, 0.2) is 47.4 Å². The summed E-state index contributed by atoms with van der Waals surface area (Å²) in [5, 5.41) is 5.04. The summed E-state index contributed by atoms with van der Waals surface area (Å²) in [5.74, 6) is -0.551. The Labute approximate surface area is 144 Å². The summed E-state index contributed by atoms with van der Waals surface area (Å²) in [6.07, 6.45) is -0.985. The van der Waals surface area contributed by atoms with Crippen LogP contribution in [0.1, 0.15) is 0 Å². The largest absolute Gasteiger partial charge is 0.443 e. The van der Waals surface area contributed by atoms with Crippen molar-refractivity contribution < 1.29 is 22.3 Å². The molecule has 1 unspecified atom stereocenters. The molecule has 1 saturated heterocycles. The minimum Gasteiger partial charge on any atom is -0.443 e. The highest BCUT2D eigenvalue weighted by Crippen LogP contribution is 2.29. The lowest BCUT2D eigenvalue weighted by Crippen LogP contribution is -2.27. The molecule has 0 spiro atoms. The van der Waals surface area contributed by atoms with Crippen LogP contribution in [0.25, 0.3) is 11.1 Å². The Kier molecular flexibility index (Phi) is 4.46.